The predicted octanol–water partition coefficient (Wildman–Crippen LogP) is 2.69. The SMILES string of the molecule is O=Cc1cc(Oc2ccc(CO)cc2)ccc1[N+](=O)[O-]. The van der Waals surface area contributed by atoms with Crippen LogP contribution in [0.3, 0.4) is 0 Å². The Kier molecular flexibility index (Phi) is 4.07. The van der Waals surface area contributed by atoms with Crippen molar-refractivity contribution in [2.45, 2.75) is 6.61 Å². The smallest absolute Gasteiger partial charge is 0.280 e. The van der Waals surface area contributed by atoms with E-state index < -0.39 is 4.92 Å². The van der Waals surface area contributed by atoms with E-state index in [0.29, 0.717) is 17.8 Å². The molecule has 0 bridgehead atoms. The number of aliphatic hydroxyl groups is 1. The van der Waals surface area contributed by atoms with Crippen LogP contribution < -0.4 is 4.74 Å². The number of carbonyl (C=O) groups is 1. The summed E-state index contributed by atoms with van der Waals surface area (Å²) in [5.74, 6) is 0.836. The van der Waals surface area contributed by atoms with E-state index in [1.807, 2.05) is 0 Å². The summed E-state index contributed by atoms with van der Waals surface area (Å²) in [6.07, 6.45) is 0.417. The molecule has 0 aromatic heterocycles. The van der Waals surface area contributed by atoms with Gasteiger partial charge in [0.25, 0.3) is 5.69 Å². The molecule has 0 heterocycles. The van der Waals surface area contributed by atoms with Gasteiger partial charge in [0.05, 0.1) is 17.1 Å². The van der Waals surface area contributed by atoms with Gasteiger partial charge in [0, 0.05) is 6.07 Å². The normalized spacial score (nSPS) is 10.1. The van der Waals surface area contributed by atoms with E-state index in [2.05, 4.69) is 0 Å². The number of nitro benzene ring substituents is 1. The van der Waals surface area contributed by atoms with Gasteiger partial charge >= 0.3 is 0 Å². The third-order valence-electron chi connectivity index (χ3n) is 2.66. The molecule has 0 atom stereocenters. The molecule has 0 unspecified atom stereocenters. The highest BCUT2D eigenvalue weighted by atomic mass is 16.6. The Morgan fingerprint density at radius 2 is 1.80 bits per heavy atom. The zero-order chi connectivity index (χ0) is 14.5. The molecule has 0 aliphatic heterocycles. The summed E-state index contributed by atoms with van der Waals surface area (Å²) in [6.45, 7) is -0.0624. The van der Waals surface area contributed by atoms with Gasteiger partial charge in [0.15, 0.2) is 6.29 Å². The topological polar surface area (TPSA) is 89.7 Å². The first kappa shape index (κ1) is 13.7. The van der Waals surface area contributed by atoms with E-state index in [4.69, 9.17) is 9.84 Å². The summed E-state index contributed by atoms with van der Waals surface area (Å²) in [5.41, 5.74) is 0.442. The summed E-state index contributed by atoms with van der Waals surface area (Å²) < 4.78 is 5.49. The van der Waals surface area contributed by atoms with Gasteiger partial charge in [0.2, 0.25) is 0 Å². The molecule has 0 aliphatic carbocycles. The number of nitrogens with zero attached hydrogens (tertiary/aromatic N) is 1. The second kappa shape index (κ2) is 5.94. The number of benzene rings is 2. The number of hydrogen-bond acceptors (Lipinski definition) is 5. The number of carbonyl (C=O) groups excluding carboxylic acids is 1. The van der Waals surface area contributed by atoms with Crippen LogP contribution in [0.15, 0.2) is 42.5 Å². The van der Waals surface area contributed by atoms with Crippen molar-refractivity contribution in [2.75, 3.05) is 0 Å². The standard InChI is InChI=1S/C14H11NO5/c16-8-10-1-3-12(4-2-10)20-13-5-6-14(15(18)19)11(7-13)9-17/h1-7,9,16H,8H2. The third kappa shape index (κ3) is 2.99. The quantitative estimate of drug-likeness (QED) is 0.514. The van der Waals surface area contributed by atoms with E-state index in [-0.39, 0.29) is 17.9 Å². The molecule has 102 valence electrons. The number of nitro groups is 1. The Balaban J connectivity index is 2.24. The van der Waals surface area contributed by atoms with Crippen LogP contribution in [-0.4, -0.2) is 16.3 Å². The molecule has 2 aromatic carbocycles. The van der Waals surface area contributed by atoms with Crippen molar-refractivity contribution in [1.82, 2.24) is 0 Å². The Morgan fingerprint density at radius 3 is 2.35 bits per heavy atom. The minimum Gasteiger partial charge on any atom is -0.457 e. The fourth-order valence-corrected chi connectivity index (χ4v) is 1.66. The zero-order valence-electron chi connectivity index (χ0n) is 10.4. The first-order chi connectivity index (χ1) is 9.63. The predicted molar refractivity (Wildman–Crippen MR) is 70.9 cm³/mol. The summed E-state index contributed by atoms with van der Waals surface area (Å²) in [4.78, 5) is 20.9. The Morgan fingerprint density at radius 1 is 1.15 bits per heavy atom. The lowest BCUT2D eigenvalue weighted by atomic mass is 10.2. The van der Waals surface area contributed by atoms with E-state index in [0.717, 1.165) is 5.56 Å². The van der Waals surface area contributed by atoms with Gasteiger partial charge in [-0.3, -0.25) is 14.9 Å². The maximum atomic E-state index is 10.8. The number of aliphatic hydroxyl groups excluding tert-OH is 1. The van der Waals surface area contributed by atoms with Crippen molar-refractivity contribution in [3.63, 3.8) is 0 Å². The Hall–Kier alpha value is -2.73. The highest BCUT2D eigenvalue weighted by Gasteiger charge is 2.14. The zero-order valence-corrected chi connectivity index (χ0v) is 10.4. The molecular weight excluding hydrogens is 262 g/mol. The van der Waals surface area contributed by atoms with Crippen molar-refractivity contribution in [1.29, 1.82) is 0 Å². The molecule has 6 nitrogen and oxygen atoms in total. The second-order valence-corrected chi connectivity index (χ2v) is 4.00. The largest absolute Gasteiger partial charge is 0.457 e. The van der Waals surface area contributed by atoms with Gasteiger partial charge in [-0.25, -0.2) is 0 Å². The highest BCUT2D eigenvalue weighted by molar-refractivity contribution is 5.82. The van der Waals surface area contributed by atoms with E-state index in [1.165, 1.54) is 18.2 Å². The Labute approximate surface area is 114 Å². The minimum absolute atomic E-state index is 0.0421. The Bertz CT molecular complexity index is 637. The van der Waals surface area contributed by atoms with Gasteiger partial charge in [-0.05, 0) is 29.8 Å². The number of ether oxygens (including phenoxy) is 1. The average Bonchev–Trinajstić information content (AvgIpc) is 2.47. The molecule has 0 aliphatic rings. The number of hydrogen-bond donors (Lipinski definition) is 1. The summed E-state index contributed by atoms with van der Waals surface area (Å²) in [7, 11) is 0. The van der Waals surface area contributed by atoms with Crippen LogP contribution in [0.2, 0.25) is 0 Å². The van der Waals surface area contributed by atoms with Crippen molar-refractivity contribution >= 4 is 12.0 Å². The van der Waals surface area contributed by atoms with E-state index in [9.17, 15) is 14.9 Å². The highest BCUT2D eigenvalue weighted by Crippen LogP contribution is 2.26. The molecule has 2 rings (SSSR count). The van der Waals surface area contributed by atoms with E-state index >= 15 is 0 Å². The molecule has 20 heavy (non-hydrogen) atoms. The monoisotopic (exact) mass is 273 g/mol. The fraction of sp³-hybridized carbons (Fsp3) is 0.0714. The third-order valence-corrected chi connectivity index (χ3v) is 2.66. The van der Waals surface area contributed by atoms with Crippen LogP contribution in [0.1, 0.15) is 15.9 Å². The molecule has 2 aromatic rings. The first-order valence-electron chi connectivity index (χ1n) is 5.75. The lowest BCUT2D eigenvalue weighted by Gasteiger charge is -2.07. The molecule has 0 radical (unpaired) electrons. The van der Waals surface area contributed by atoms with Gasteiger partial charge in [-0.2, -0.15) is 0 Å². The lowest BCUT2D eigenvalue weighted by molar-refractivity contribution is -0.385. The van der Waals surface area contributed by atoms with Gasteiger partial charge in [-0.15, -0.1) is 0 Å². The molecule has 0 fully saturated rings. The maximum Gasteiger partial charge on any atom is 0.280 e. The van der Waals surface area contributed by atoms with Crippen LogP contribution >= 0.6 is 0 Å². The molecule has 1 N–H and O–H groups in total. The fourth-order valence-electron chi connectivity index (χ4n) is 1.66. The molecule has 0 spiro atoms. The van der Waals surface area contributed by atoms with Crippen LogP contribution in [0.5, 0.6) is 11.5 Å². The lowest BCUT2D eigenvalue weighted by Crippen LogP contribution is -1.95. The minimum atomic E-state index is -0.621. The summed E-state index contributed by atoms with van der Waals surface area (Å²) in [5, 5.41) is 19.6. The van der Waals surface area contributed by atoms with Crippen LogP contribution in [0, 0.1) is 10.1 Å². The molecule has 6 heteroatoms. The summed E-state index contributed by atoms with van der Waals surface area (Å²) >= 11 is 0. The number of aldehydes is 1. The second-order valence-electron chi connectivity index (χ2n) is 4.00. The van der Waals surface area contributed by atoms with Crippen LogP contribution in [0.4, 0.5) is 5.69 Å². The molecule has 0 saturated carbocycles. The van der Waals surface area contributed by atoms with Gasteiger partial charge in [-0.1, -0.05) is 12.1 Å². The number of rotatable bonds is 5. The van der Waals surface area contributed by atoms with E-state index in [1.54, 1.807) is 24.3 Å². The average molecular weight is 273 g/mol. The van der Waals surface area contributed by atoms with Crippen LogP contribution in [-0.2, 0) is 6.61 Å². The molecular formula is C14H11NO5. The first-order valence-corrected chi connectivity index (χ1v) is 5.75. The maximum absolute atomic E-state index is 10.8. The van der Waals surface area contributed by atoms with Gasteiger partial charge in [0.1, 0.15) is 11.5 Å². The summed E-state index contributed by atoms with van der Waals surface area (Å²) in [6, 6.07) is 10.7. The van der Waals surface area contributed by atoms with Crippen molar-refractivity contribution in [2.24, 2.45) is 0 Å². The van der Waals surface area contributed by atoms with Gasteiger partial charge < -0.3 is 9.84 Å². The van der Waals surface area contributed by atoms with Crippen LogP contribution in [0.25, 0.3) is 0 Å². The van der Waals surface area contributed by atoms with Crippen molar-refractivity contribution < 1.29 is 19.6 Å². The van der Waals surface area contributed by atoms with Crippen molar-refractivity contribution in [3.05, 3.63) is 63.7 Å². The van der Waals surface area contributed by atoms with Crippen molar-refractivity contribution in [3.8, 4) is 11.5 Å². The molecule has 0 saturated heterocycles. The molecule has 0 amide bonds.